The number of carbonyl (C=O) groups excluding carboxylic acids is 3. The topological polar surface area (TPSA) is 74.2 Å². The fourth-order valence-electron chi connectivity index (χ4n) is 4.86. The molecule has 1 saturated carbocycles. The molecule has 29 heavy (non-hydrogen) atoms. The standard InChI is InChI=1S/C22H30N4O3/c1-17(27)18-6-8-19(9-7-18)25-14-12-24(13-15-25)16-26-20(28)22(23-21(26)29)10-4-2-3-5-11-22/h6-9H,2-5,10-16H2,1H3,(H,23,29)/p+1. The number of rotatable bonds is 4. The highest BCUT2D eigenvalue weighted by atomic mass is 16.2. The summed E-state index contributed by atoms with van der Waals surface area (Å²) >= 11 is 0. The van der Waals surface area contributed by atoms with Crippen LogP contribution in [0.2, 0.25) is 0 Å². The van der Waals surface area contributed by atoms with Crippen LogP contribution in [0.25, 0.3) is 0 Å². The number of ketones is 1. The Hall–Kier alpha value is -2.41. The summed E-state index contributed by atoms with van der Waals surface area (Å²) in [6, 6.07) is 7.52. The van der Waals surface area contributed by atoms with Crippen LogP contribution in [0, 0.1) is 0 Å². The molecule has 2 aliphatic heterocycles. The highest BCUT2D eigenvalue weighted by Crippen LogP contribution is 2.32. The minimum atomic E-state index is -0.646. The number of hydrogen-bond donors (Lipinski definition) is 2. The first-order valence-corrected chi connectivity index (χ1v) is 10.8. The first-order chi connectivity index (χ1) is 14.0. The molecule has 3 fully saturated rings. The van der Waals surface area contributed by atoms with Crippen molar-refractivity contribution in [3.05, 3.63) is 29.8 Å². The summed E-state index contributed by atoms with van der Waals surface area (Å²) in [5.74, 6) is 0.0602. The maximum atomic E-state index is 13.1. The van der Waals surface area contributed by atoms with E-state index in [0.717, 1.165) is 76.0 Å². The molecule has 1 aromatic rings. The average Bonchev–Trinajstić information content (AvgIpc) is 2.89. The summed E-state index contributed by atoms with van der Waals surface area (Å²) in [4.78, 5) is 42.1. The lowest BCUT2D eigenvalue weighted by Gasteiger charge is -2.35. The fraction of sp³-hybridized carbons (Fsp3) is 0.591. The normalized spacial score (nSPS) is 22.7. The predicted molar refractivity (Wildman–Crippen MR) is 110 cm³/mol. The van der Waals surface area contributed by atoms with Crippen LogP contribution in [-0.2, 0) is 4.79 Å². The van der Waals surface area contributed by atoms with Gasteiger partial charge in [-0.2, -0.15) is 0 Å². The third-order valence-electron chi connectivity index (χ3n) is 6.69. The van der Waals surface area contributed by atoms with Crippen LogP contribution in [0.3, 0.4) is 0 Å². The van der Waals surface area contributed by atoms with Crippen LogP contribution in [0.4, 0.5) is 10.5 Å². The second kappa shape index (κ2) is 8.14. The van der Waals surface area contributed by atoms with Crippen molar-refractivity contribution >= 4 is 23.4 Å². The highest BCUT2D eigenvalue weighted by molar-refractivity contribution is 6.06. The van der Waals surface area contributed by atoms with Gasteiger partial charge in [-0.25, -0.2) is 9.69 Å². The number of imide groups is 1. The Labute approximate surface area is 172 Å². The Bertz CT molecular complexity index is 776. The zero-order valence-corrected chi connectivity index (χ0v) is 17.2. The first-order valence-electron chi connectivity index (χ1n) is 10.8. The number of Topliss-reactive ketones (excluding diaryl/α,β-unsaturated/α-hetero) is 1. The quantitative estimate of drug-likeness (QED) is 0.589. The number of anilines is 1. The average molecular weight is 400 g/mol. The third-order valence-corrected chi connectivity index (χ3v) is 6.69. The van der Waals surface area contributed by atoms with Crippen molar-refractivity contribution in [2.45, 2.75) is 51.0 Å². The van der Waals surface area contributed by atoms with E-state index in [1.54, 1.807) is 6.92 Å². The van der Waals surface area contributed by atoms with Crippen LogP contribution in [0.15, 0.2) is 24.3 Å². The Morgan fingerprint density at radius 3 is 2.24 bits per heavy atom. The Morgan fingerprint density at radius 2 is 1.66 bits per heavy atom. The molecule has 1 aliphatic carbocycles. The molecule has 4 rings (SSSR count). The summed E-state index contributed by atoms with van der Waals surface area (Å²) in [6.07, 6.45) is 5.85. The molecule has 3 amide bonds. The van der Waals surface area contributed by atoms with Crippen molar-refractivity contribution in [2.75, 3.05) is 37.7 Å². The second-order valence-electron chi connectivity index (χ2n) is 8.66. The summed E-state index contributed by atoms with van der Waals surface area (Å²) in [7, 11) is 0. The molecule has 2 heterocycles. The van der Waals surface area contributed by atoms with Gasteiger partial charge in [-0.15, -0.1) is 0 Å². The van der Waals surface area contributed by atoms with Crippen molar-refractivity contribution in [3.63, 3.8) is 0 Å². The first kappa shape index (κ1) is 19.9. The van der Waals surface area contributed by atoms with Gasteiger partial charge in [-0.3, -0.25) is 9.59 Å². The smallest absolute Gasteiger partial charge is 0.329 e. The second-order valence-corrected chi connectivity index (χ2v) is 8.66. The lowest BCUT2D eigenvalue weighted by molar-refractivity contribution is -0.907. The van der Waals surface area contributed by atoms with E-state index in [1.165, 1.54) is 9.80 Å². The number of carbonyl (C=O) groups is 3. The van der Waals surface area contributed by atoms with Gasteiger partial charge in [0.15, 0.2) is 12.5 Å². The van der Waals surface area contributed by atoms with Crippen molar-refractivity contribution in [3.8, 4) is 0 Å². The minimum Gasteiger partial charge on any atom is -0.360 e. The van der Waals surface area contributed by atoms with E-state index in [2.05, 4.69) is 10.2 Å². The van der Waals surface area contributed by atoms with Crippen LogP contribution in [0.1, 0.15) is 55.8 Å². The molecule has 7 nitrogen and oxygen atoms in total. The maximum Gasteiger partial charge on any atom is 0.329 e. The predicted octanol–water partition coefficient (Wildman–Crippen LogP) is 1.20. The molecule has 3 aliphatic rings. The van der Waals surface area contributed by atoms with Crippen molar-refractivity contribution < 1.29 is 19.3 Å². The van der Waals surface area contributed by atoms with Crippen LogP contribution >= 0.6 is 0 Å². The Balaban J connectivity index is 1.34. The van der Waals surface area contributed by atoms with Crippen LogP contribution in [-0.4, -0.2) is 61.0 Å². The van der Waals surface area contributed by atoms with Gasteiger partial charge in [0.05, 0.1) is 26.2 Å². The summed E-state index contributed by atoms with van der Waals surface area (Å²) < 4.78 is 0. The number of nitrogens with one attached hydrogen (secondary N) is 2. The van der Waals surface area contributed by atoms with Gasteiger partial charge in [0.1, 0.15) is 5.54 Å². The molecule has 0 bridgehead atoms. The van der Waals surface area contributed by atoms with E-state index in [0.29, 0.717) is 6.67 Å². The molecule has 7 heteroatoms. The van der Waals surface area contributed by atoms with Crippen LogP contribution < -0.4 is 15.1 Å². The molecule has 1 aromatic carbocycles. The molecule has 0 unspecified atom stereocenters. The lowest BCUT2D eigenvalue weighted by Crippen LogP contribution is -3.16. The van der Waals surface area contributed by atoms with Gasteiger partial charge >= 0.3 is 6.03 Å². The van der Waals surface area contributed by atoms with E-state index in [9.17, 15) is 14.4 Å². The Kier molecular flexibility index (Phi) is 5.58. The van der Waals surface area contributed by atoms with Gasteiger partial charge in [0.25, 0.3) is 5.91 Å². The van der Waals surface area contributed by atoms with E-state index in [4.69, 9.17) is 0 Å². The number of amides is 3. The van der Waals surface area contributed by atoms with Crippen molar-refractivity contribution in [1.82, 2.24) is 10.2 Å². The van der Waals surface area contributed by atoms with E-state index in [-0.39, 0.29) is 17.7 Å². The molecule has 156 valence electrons. The number of piperazine rings is 1. The molecule has 0 aromatic heterocycles. The number of urea groups is 1. The van der Waals surface area contributed by atoms with Gasteiger partial charge in [0.2, 0.25) is 0 Å². The third kappa shape index (κ3) is 4.01. The van der Waals surface area contributed by atoms with Crippen LogP contribution in [0.5, 0.6) is 0 Å². The van der Waals surface area contributed by atoms with E-state index >= 15 is 0 Å². The maximum absolute atomic E-state index is 13.1. The number of benzene rings is 1. The van der Waals surface area contributed by atoms with E-state index < -0.39 is 5.54 Å². The molecule has 0 atom stereocenters. The largest absolute Gasteiger partial charge is 0.360 e. The summed E-state index contributed by atoms with van der Waals surface area (Å²) in [5, 5.41) is 3.03. The summed E-state index contributed by atoms with van der Waals surface area (Å²) in [6.45, 7) is 5.50. The summed E-state index contributed by atoms with van der Waals surface area (Å²) in [5.41, 5.74) is 1.19. The Morgan fingerprint density at radius 1 is 1.03 bits per heavy atom. The van der Waals surface area contributed by atoms with Crippen molar-refractivity contribution in [2.24, 2.45) is 0 Å². The molecule has 1 spiro atoms. The number of quaternary nitrogens is 1. The monoisotopic (exact) mass is 399 g/mol. The van der Waals surface area contributed by atoms with Crippen molar-refractivity contribution in [1.29, 1.82) is 0 Å². The molecule has 2 N–H and O–H groups in total. The van der Waals surface area contributed by atoms with Gasteiger partial charge in [-0.1, -0.05) is 25.7 Å². The van der Waals surface area contributed by atoms with E-state index in [1.807, 2.05) is 24.3 Å². The fourth-order valence-corrected chi connectivity index (χ4v) is 4.86. The zero-order chi connectivity index (χ0) is 20.4. The van der Waals surface area contributed by atoms with Gasteiger partial charge in [-0.05, 0) is 44.0 Å². The number of hydrogen-bond acceptors (Lipinski definition) is 4. The minimum absolute atomic E-state index is 0.0147. The van der Waals surface area contributed by atoms with Gasteiger partial charge < -0.3 is 15.1 Å². The van der Waals surface area contributed by atoms with Gasteiger partial charge in [0, 0.05) is 11.3 Å². The molecular formula is C22H31N4O3+. The zero-order valence-electron chi connectivity index (χ0n) is 17.2. The lowest BCUT2D eigenvalue weighted by atomic mass is 9.90. The number of nitrogens with zero attached hydrogens (tertiary/aromatic N) is 2. The highest BCUT2D eigenvalue weighted by Gasteiger charge is 2.51. The molecule has 2 saturated heterocycles. The molecular weight excluding hydrogens is 368 g/mol. The molecule has 0 radical (unpaired) electrons. The SMILES string of the molecule is CC(=O)c1ccc(N2CC[NH+](CN3C(=O)NC4(CCCCCC4)C3=O)CC2)cc1.